The molecule has 4 heteroatoms. The highest BCUT2D eigenvalue weighted by atomic mass is 79.9. The summed E-state index contributed by atoms with van der Waals surface area (Å²) in [6, 6.07) is 8.64. The molecular weight excluding hydrogens is 280 g/mol. The highest BCUT2D eigenvalue weighted by molar-refractivity contribution is 9.10. The molecule has 94 valence electrons. The van der Waals surface area contributed by atoms with Gasteiger partial charge in [-0.2, -0.15) is 0 Å². The third-order valence-corrected chi connectivity index (χ3v) is 3.81. The minimum atomic E-state index is 0.206. The van der Waals surface area contributed by atoms with Crippen LogP contribution in [0.5, 0.6) is 0 Å². The van der Waals surface area contributed by atoms with Gasteiger partial charge in [0.05, 0.1) is 18.8 Å². The van der Waals surface area contributed by atoms with E-state index in [2.05, 4.69) is 58.4 Å². The summed E-state index contributed by atoms with van der Waals surface area (Å²) in [6.45, 7) is 2.65. The van der Waals surface area contributed by atoms with E-state index in [-0.39, 0.29) is 12.1 Å². The molecule has 0 amide bonds. The van der Waals surface area contributed by atoms with Gasteiger partial charge in [0.2, 0.25) is 0 Å². The maximum Gasteiger partial charge on any atom is 0.0896 e. The number of hydrogen-bond acceptors (Lipinski definition) is 3. The van der Waals surface area contributed by atoms with Crippen molar-refractivity contribution in [1.82, 2.24) is 10.2 Å². The molecule has 3 nitrogen and oxygen atoms in total. The van der Waals surface area contributed by atoms with Crippen molar-refractivity contribution >= 4 is 15.9 Å². The molecule has 1 aromatic carbocycles. The van der Waals surface area contributed by atoms with E-state index in [4.69, 9.17) is 4.74 Å². The number of rotatable bonds is 3. The molecule has 0 spiro atoms. The Morgan fingerprint density at radius 2 is 2.18 bits per heavy atom. The van der Waals surface area contributed by atoms with E-state index < -0.39 is 0 Å². The fourth-order valence-electron chi connectivity index (χ4n) is 2.31. The van der Waals surface area contributed by atoms with Gasteiger partial charge >= 0.3 is 0 Å². The van der Waals surface area contributed by atoms with Gasteiger partial charge in [-0.15, -0.1) is 0 Å². The zero-order valence-electron chi connectivity index (χ0n) is 10.3. The van der Waals surface area contributed by atoms with E-state index in [0.29, 0.717) is 0 Å². The Kier molecular flexibility index (Phi) is 4.56. The molecule has 1 heterocycles. The Morgan fingerprint density at radius 1 is 1.41 bits per heavy atom. The fourth-order valence-corrected chi connectivity index (χ4v) is 2.83. The van der Waals surface area contributed by atoms with Gasteiger partial charge < -0.3 is 10.1 Å². The molecule has 2 unspecified atom stereocenters. The Bertz CT molecular complexity index is 364. The van der Waals surface area contributed by atoms with E-state index in [1.165, 1.54) is 5.56 Å². The van der Waals surface area contributed by atoms with Gasteiger partial charge in [-0.25, -0.2) is 0 Å². The lowest BCUT2D eigenvalue weighted by molar-refractivity contribution is -0.0213. The van der Waals surface area contributed by atoms with Crippen LogP contribution in [0.4, 0.5) is 0 Å². The number of benzene rings is 1. The molecule has 1 aliphatic rings. The summed E-state index contributed by atoms with van der Waals surface area (Å²) in [6.07, 6.45) is 0.206. The molecule has 0 bridgehead atoms. The summed E-state index contributed by atoms with van der Waals surface area (Å²) in [5.74, 6) is 0. The van der Waals surface area contributed by atoms with Gasteiger partial charge in [-0.1, -0.05) is 34.1 Å². The number of hydrogen-bond donors (Lipinski definition) is 1. The van der Waals surface area contributed by atoms with Gasteiger partial charge in [-0.05, 0) is 25.7 Å². The molecule has 2 rings (SSSR count). The van der Waals surface area contributed by atoms with Gasteiger partial charge in [0.1, 0.15) is 0 Å². The van der Waals surface area contributed by atoms with Crippen molar-refractivity contribution in [3.63, 3.8) is 0 Å². The maximum absolute atomic E-state index is 5.89. The molecule has 0 radical (unpaired) electrons. The third-order valence-electron chi connectivity index (χ3n) is 3.09. The highest BCUT2D eigenvalue weighted by Gasteiger charge is 2.28. The number of nitrogens with one attached hydrogen (secondary N) is 1. The summed E-state index contributed by atoms with van der Waals surface area (Å²) in [5, 5.41) is 3.39. The monoisotopic (exact) mass is 298 g/mol. The van der Waals surface area contributed by atoms with E-state index in [1.54, 1.807) is 0 Å². The molecular formula is C13H19BrN2O. The minimum Gasteiger partial charge on any atom is -0.374 e. The van der Waals surface area contributed by atoms with Crippen LogP contribution in [0, 0.1) is 0 Å². The van der Waals surface area contributed by atoms with Crippen LogP contribution in [0.1, 0.15) is 11.6 Å². The van der Waals surface area contributed by atoms with Crippen LogP contribution >= 0.6 is 15.9 Å². The second-order valence-corrected chi connectivity index (χ2v) is 5.40. The number of nitrogens with zero attached hydrogens (tertiary/aromatic N) is 1. The van der Waals surface area contributed by atoms with E-state index >= 15 is 0 Å². The van der Waals surface area contributed by atoms with Crippen LogP contribution < -0.4 is 5.32 Å². The van der Waals surface area contributed by atoms with Crippen molar-refractivity contribution in [3.05, 3.63) is 34.3 Å². The quantitative estimate of drug-likeness (QED) is 0.924. The smallest absolute Gasteiger partial charge is 0.0896 e. The summed E-state index contributed by atoms with van der Waals surface area (Å²) in [5.41, 5.74) is 1.28. The molecule has 1 aliphatic heterocycles. The van der Waals surface area contributed by atoms with Crippen molar-refractivity contribution < 1.29 is 4.74 Å². The first-order valence-corrected chi connectivity index (χ1v) is 6.72. The standard InChI is InChI=1S/C13H19BrN2O/c1-16(2)13(12-9-15-7-8-17-12)10-5-3-4-6-11(10)14/h3-6,12-13,15H,7-9H2,1-2H3. The molecule has 0 saturated carbocycles. The summed E-state index contributed by atoms with van der Waals surface area (Å²) < 4.78 is 7.03. The molecule has 0 aromatic heterocycles. The molecule has 17 heavy (non-hydrogen) atoms. The van der Waals surface area contributed by atoms with Gasteiger partial charge in [0, 0.05) is 17.6 Å². The fraction of sp³-hybridized carbons (Fsp3) is 0.538. The first-order chi connectivity index (χ1) is 8.20. The highest BCUT2D eigenvalue weighted by Crippen LogP contribution is 2.30. The Balaban J connectivity index is 2.25. The predicted molar refractivity (Wildman–Crippen MR) is 73.2 cm³/mol. The van der Waals surface area contributed by atoms with Crippen LogP contribution in [-0.2, 0) is 4.74 Å². The van der Waals surface area contributed by atoms with Crippen molar-refractivity contribution in [1.29, 1.82) is 0 Å². The zero-order valence-corrected chi connectivity index (χ0v) is 11.9. The number of likely N-dealkylation sites (N-methyl/N-ethyl adjacent to an activating group) is 1. The van der Waals surface area contributed by atoms with Crippen molar-refractivity contribution in [3.8, 4) is 0 Å². The minimum absolute atomic E-state index is 0.206. The molecule has 1 N–H and O–H groups in total. The van der Waals surface area contributed by atoms with E-state index in [0.717, 1.165) is 24.2 Å². The predicted octanol–water partition coefficient (Wildman–Crippen LogP) is 2.04. The largest absolute Gasteiger partial charge is 0.374 e. The number of halogens is 1. The molecule has 1 saturated heterocycles. The van der Waals surface area contributed by atoms with Crippen LogP contribution in [0.15, 0.2) is 28.7 Å². The SMILES string of the molecule is CN(C)C(c1ccccc1Br)C1CNCCO1. The van der Waals surface area contributed by atoms with Gasteiger partial charge in [0.15, 0.2) is 0 Å². The van der Waals surface area contributed by atoms with Crippen LogP contribution in [0.25, 0.3) is 0 Å². The average molecular weight is 299 g/mol. The Morgan fingerprint density at radius 3 is 2.76 bits per heavy atom. The first kappa shape index (κ1) is 13.0. The van der Waals surface area contributed by atoms with E-state index in [9.17, 15) is 0 Å². The van der Waals surface area contributed by atoms with Crippen molar-refractivity contribution in [2.45, 2.75) is 12.1 Å². The lowest BCUT2D eigenvalue weighted by atomic mass is 9.99. The molecule has 0 aliphatic carbocycles. The molecule has 1 fully saturated rings. The second kappa shape index (κ2) is 5.96. The lowest BCUT2D eigenvalue weighted by Crippen LogP contribution is -2.45. The van der Waals surface area contributed by atoms with Crippen LogP contribution in [0.2, 0.25) is 0 Å². The van der Waals surface area contributed by atoms with Crippen LogP contribution in [-0.4, -0.2) is 44.8 Å². The van der Waals surface area contributed by atoms with Crippen molar-refractivity contribution in [2.24, 2.45) is 0 Å². The summed E-state index contributed by atoms with van der Waals surface area (Å²) in [7, 11) is 4.20. The average Bonchev–Trinajstić information content (AvgIpc) is 2.33. The second-order valence-electron chi connectivity index (χ2n) is 4.54. The van der Waals surface area contributed by atoms with E-state index in [1.807, 2.05) is 6.07 Å². The number of ether oxygens (including phenoxy) is 1. The summed E-state index contributed by atoms with van der Waals surface area (Å²) >= 11 is 3.63. The van der Waals surface area contributed by atoms with Crippen LogP contribution in [0.3, 0.4) is 0 Å². The maximum atomic E-state index is 5.89. The topological polar surface area (TPSA) is 24.5 Å². The van der Waals surface area contributed by atoms with Gasteiger partial charge in [0.25, 0.3) is 0 Å². The number of morpholine rings is 1. The Hall–Kier alpha value is -0.420. The zero-order chi connectivity index (χ0) is 12.3. The van der Waals surface area contributed by atoms with Gasteiger partial charge in [-0.3, -0.25) is 4.90 Å². The molecule has 2 atom stereocenters. The Labute approximate surface area is 111 Å². The summed E-state index contributed by atoms with van der Waals surface area (Å²) in [4.78, 5) is 2.22. The normalized spacial score (nSPS) is 22.7. The lowest BCUT2D eigenvalue weighted by Gasteiger charge is -2.35. The first-order valence-electron chi connectivity index (χ1n) is 5.93. The molecule has 1 aromatic rings. The third kappa shape index (κ3) is 3.07. The van der Waals surface area contributed by atoms with Crippen molar-refractivity contribution in [2.75, 3.05) is 33.8 Å².